The third kappa shape index (κ3) is 9.12. The lowest BCUT2D eigenvalue weighted by Crippen LogP contribution is -2.67. The van der Waals surface area contributed by atoms with Crippen molar-refractivity contribution in [3.63, 3.8) is 0 Å². The third-order valence-electron chi connectivity index (χ3n) is 18.0. The maximum absolute atomic E-state index is 13.0. The van der Waals surface area contributed by atoms with E-state index < -0.39 is 171 Å². The first-order valence-corrected chi connectivity index (χ1v) is 24.6. The molecule has 4 heterocycles. The van der Waals surface area contributed by atoms with Crippen LogP contribution >= 0.6 is 0 Å². The van der Waals surface area contributed by atoms with Gasteiger partial charge < -0.3 is 99.2 Å². The minimum absolute atomic E-state index is 0.00558. The van der Waals surface area contributed by atoms with E-state index in [-0.39, 0.29) is 30.6 Å². The average Bonchev–Trinajstić information content (AvgIpc) is 3.69. The molecule has 8 rings (SSSR count). The quantitative estimate of drug-likeness (QED) is 0.0700. The summed E-state index contributed by atoms with van der Waals surface area (Å²) < 4.78 is 47.8. The maximum Gasteiger partial charge on any atom is 0.334 e. The van der Waals surface area contributed by atoms with E-state index in [1.54, 1.807) is 13.8 Å². The maximum atomic E-state index is 13.0. The monoisotopic (exact) mass is 1000 g/mol. The molecule has 26 atom stereocenters. The van der Waals surface area contributed by atoms with Gasteiger partial charge in [0.2, 0.25) is 0 Å². The van der Waals surface area contributed by atoms with Crippen molar-refractivity contribution in [3.8, 4) is 0 Å². The van der Waals surface area contributed by atoms with Crippen LogP contribution < -0.4 is 0 Å². The number of hydrogen-bond donors (Lipinski definition) is 12. The van der Waals surface area contributed by atoms with Crippen LogP contribution in [-0.4, -0.2) is 215 Å². The van der Waals surface area contributed by atoms with Crippen LogP contribution in [0.1, 0.15) is 86.5 Å². The lowest BCUT2D eigenvalue weighted by molar-refractivity contribution is -0.390. The molecule has 8 aliphatic rings. The zero-order valence-corrected chi connectivity index (χ0v) is 40.4. The Bertz CT molecular complexity index is 1960. The molecule has 0 aromatic heterocycles. The highest BCUT2D eigenvalue weighted by Gasteiger charge is 2.68. The van der Waals surface area contributed by atoms with E-state index in [1.807, 2.05) is 20.8 Å². The molecule has 4 aliphatic heterocycles. The predicted octanol–water partition coefficient (Wildman–Crippen LogP) is -2.69. The van der Waals surface area contributed by atoms with Crippen molar-refractivity contribution >= 4 is 11.9 Å². The molecule has 12 N–H and O–H groups in total. The number of ether oxygens (including phenoxy) is 8. The molecule has 70 heavy (non-hydrogen) atoms. The number of carbonyl (C=O) groups is 2. The molecule has 0 spiro atoms. The van der Waals surface area contributed by atoms with Gasteiger partial charge in [0.05, 0.1) is 32.0 Å². The lowest BCUT2D eigenvalue weighted by atomic mass is 9.45. The Kier molecular flexibility index (Phi) is 15.8. The SMILES string of the molecule is CC(=O)OC1C[C@H](O[C@@H]2O[C@@H](CO)[C@@H](O[C@@H]3O[C@@H](CO)[C@@H](O)[C@H](O)C3O)[C@H](O[C@@H]3O[C@@H](CO)[C@@H](O)[C@H](O)[C@@H]3O)C2O)CC2=CC[C@H]3[C@@H]4CC[C@H]([C@@](C)(O)[C@@H]5CC(C)=C(C)C(=O)O5)[C@]4(C)[C@@H](O)C[C@@H]3[C@]21C. The Balaban J connectivity index is 1.05. The smallest absolute Gasteiger partial charge is 0.334 e. The summed E-state index contributed by atoms with van der Waals surface area (Å²) in [7, 11) is 0. The Morgan fingerprint density at radius 3 is 1.84 bits per heavy atom. The van der Waals surface area contributed by atoms with Crippen LogP contribution in [0.25, 0.3) is 0 Å². The van der Waals surface area contributed by atoms with E-state index in [0.29, 0.717) is 37.7 Å². The zero-order chi connectivity index (χ0) is 51.1. The van der Waals surface area contributed by atoms with Gasteiger partial charge in [-0.1, -0.05) is 31.1 Å². The summed E-state index contributed by atoms with van der Waals surface area (Å²) in [6, 6.07) is 0. The number of esters is 2. The fourth-order valence-corrected chi connectivity index (χ4v) is 13.8. The number of fused-ring (bicyclic) bond motifs is 5. The summed E-state index contributed by atoms with van der Waals surface area (Å²) in [5, 5.41) is 131. The summed E-state index contributed by atoms with van der Waals surface area (Å²) in [4.78, 5) is 25.8. The molecule has 0 aromatic rings. The molecule has 22 nitrogen and oxygen atoms in total. The standard InChI is InChI=1S/C48H74O22/c1-18-11-32(68-42(61)19(18)2)48(6,62)29-10-9-24-23-8-7-21-12-22(13-31(63-20(3)52)46(21,4)25(23)14-30(53)47(24,29)5)64-45-39(60)41(70-44-38(59)36(57)34(55)27(16-50)66-44)40(28(17-51)67-45)69-43-37(58)35(56)33(54)26(15-49)65-43/h7,22-41,43-45,49-51,53-60,62H,8-17H2,1-6H3/t22-,23+,24+,25+,26+,27+,28+,29+,30+,31?,32+,33-,34-,35+,36+,37?,38+,39?,40-,41-,43+,44+,45-,46+,47-,48-/m1/s1. The Hall–Kier alpha value is -2.30. The molecular formula is C48H74O22. The topological polar surface area (TPSA) is 351 Å². The molecule has 0 radical (unpaired) electrons. The van der Waals surface area contributed by atoms with Gasteiger partial charge in [0.25, 0.3) is 0 Å². The van der Waals surface area contributed by atoms with E-state index in [0.717, 1.165) is 11.1 Å². The third-order valence-corrected chi connectivity index (χ3v) is 18.0. The van der Waals surface area contributed by atoms with E-state index in [9.17, 15) is 70.9 Å². The summed E-state index contributed by atoms with van der Waals surface area (Å²) in [5.74, 6) is -1.68. The Morgan fingerprint density at radius 1 is 0.729 bits per heavy atom. The molecule has 398 valence electrons. The number of carbonyl (C=O) groups excluding carboxylic acids is 2. The minimum Gasteiger partial charge on any atom is -0.462 e. The van der Waals surface area contributed by atoms with Gasteiger partial charge in [-0.25, -0.2) is 4.79 Å². The van der Waals surface area contributed by atoms with Crippen molar-refractivity contribution in [2.75, 3.05) is 19.8 Å². The van der Waals surface area contributed by atoms with Crippen molar-refractivity contribution in [1.82, 2.24) is 0 Å². The molecule has 6 fully saturated rings. The highest BCUT2D eigenvalue weighted by Crippen LogP contribution is 2.68. The van der Waals surface area contributed by atoms with Gasteiger partial charge in [-0.05, 0) is 76.5 Å². The minimum atomic E-state index is -1.97. The predicted molar refractivity (Wildman–Crippen MR) is 235 cm³/mol. The molecule has 0 aromatic carbocycles. The Labute approximate surface area is 405 Å². The summed E-state index contributed by atoms with van der Waals surface area (Å²) in [6.45, 7) is 8.13. The fraction of sp³-hybridized carbons (Fsp3) is 0.875. The average molecular weight is 1000 g/mol. The molecule has 3 unspecified atom stereocenters. The van der Waals surface area contributed by atoms with Gasteiger partial charge in [0.15, 0.2) is 18.9 Å². The number of rotatable bonds is 12. The van der Waals surface area contributed by atoms with E-state index in [1.165, 1.54) is 6.92 Å². The first-order valence-electron chi connectivity index (χ1n) is 24.6. The molecule has 0 amide bonds. The molecule has 4 aliphatic carbocycles. The van der Waals surface area contributed by atoms with Crippen molar-refractivity contribution in [2.24, 2.45) is 34.5 Å². The van der Waals surface area contributed by atoms with E-state index in [2.05, 4.69) is 6.08 Å². The first-order chi connectivity index (χ1) is 32.9. The summed E-state index contributed by atoms with van der Waals surface area (Å²) in [6.07, 6.45) is -24.7. The molecule has 3 saturated heterocycles. The van der Waals surface area contributed by atoms with Crippen LogP contribution in [0, 0.1) is 34.5 Å². The van der Waals surface area contributed by atoms with Crippen molar-refractivity contribution in [3.05, 3.63) is 22.8 Å². The van der Waals surface area contributed by atoms with Gasteiger partial charge >= 0.3 is 11.9 Å². The van der Waals surface area contributed by atoms with Crippen LogP contribution in [0.15, 0.2) is 22.8 Å². The van der Waals surface area contributed by atoms with Gasteiger partial charge in [0, 0.05) is 36.2 Å². The summed E-state index contributed by atoms with van der Waals surface area (Å²) >= 11 is 0. The van der Waals surface area contributed by atoms with Crippen LogP contribution in [-0.2, 0) is 47.5 Å². The van der Waals surface area contributed by atoms with Crippen LogP contribution in [0.5, 0.6) is 0 Å². The van der Waals surface area contributed by atoms with Crippen LogP contribution in [0.3, 0.4) is 0 Å². The van der Waals surface area contributed by atoms with Crippen molar-refractivity contribution in [2.45, 2.75) is 209 Å². The molecule has 0 bridgehead atoms. The van der Waals surface area contributed by atoms with Crippen LogP contribution in [0.2, 0.25) is 0 Å². The van der Waals surface area contributed by atoms with Gasteiger partial charge in [-0.2, -0.15) is 0 Å². The van der Waals surface area contributed by atoms with E-state index >= 15 is 0 Å². The molecule has 3 saturated carbocycles. The number of aliphatic hydroxyl groups excluding tert-OH is 11. The first kappa shape index (κ1) is 54.0. The van der Waals surface area contributed by atoms with Gasteiger partial charge in [-0.15, -0.1) is 0 Å². The fourth-order valence-electron chi connectivity index (χ4n) is 13.8. The second-order valence-corrected chi connectivity index (χ2v) is 21.7. The largest absolute Gasteiger partial charge is 0.462 e. The highest BCUT2D eigenvalue weighted by molar-refractivity contribution is 5.89. The number of cyclic esters (lactones) is 1. The zero-order valence-electron chi connectivity index (χ0n) is 40.4. The van der Waals surface area contributed by atoms with Gasteiger partial charge in [0.1, 0.15) is 91.1 Å². The van der Waals surface area contributed by atoms with E-state index in [4.69, 9.17) is 37.9 Å². The highest BCUT2D eigenvalue weighted by atomic mass is 16.8. The number of hydrogen-bond acceptors (Lipinski definition) is 22. The number of allylic oxidation sites excluding steroid dienone is 1. The molecular weight excluding hydrogens is 929 g/mol. The normalized spacial score (nSPS) is 50.5. The van der Waals surface area contributed by atoms with Gasteiger partial charge in [-0.3, -0.25) is 4.79 Å². The second kappa shape index (κ2) is 20.4. The number of aliphatic hydroxyl groups is 12. The lowest BCUT2D eigenvalue weighted by Gasteiger charge is -2.62. The van der Waals surface area contributed by atoms with Crippen molar-refractivity contribution in [1.29, 1.82) is 0 Å². The Morgan fingerprint density at radius 2 is 1.29 bits per heavy atom. The van der Waals surface area contributed by atoms with Crippen molar-refractivity contribution < 1.29 is 109 Å². The second-order valence-electron chi connectivity index (χ2n) is 21.7. The van der Waals surface area contributed by atoms with Crippen LogP contribution in [0.4, 0.5) is 0 Å². The summed E-state index contributed by atoms with van der Waals surface area (Å²) in [5.41, 5.74) is -0.759. The molecule has 22 heteroatoms.